The van der Waals surface area contributed by atoms with Crippen molar-refractivity contribution in [2.75, 3.05) is 0 Å². The van der Waals surface area contributed by atoms with Crippen molar-refractivity contribution < 1.29 is 5.11 Å². The summed E-state index contributed by atoms with van der Waals surface area (Å²) >= 11 is 4.96. The fraction of sp³-hybridized carbons (Fsp3) is 0.222. The van der Waals surface area contributed by atoms with Crippen LogP contribution in [0.25, 0.3) is 0 Å². The molecule has 0 radical (unpaired) electrons. The molecule has 0 saturated carbocycles. The van der Waals surface area contributed by atoms with Crippen molar-refractivity contribution in [1.82, 2.24) is 9.55 Å². The van der Waals surface area contributed by atoms with E-state index in [4.69, 9.17) is 0 Å². The molecule has 1 unspecified atom stereocenters. The molecule has 0 fully saturated rings. The molecule has 1 atom stereocenters. The number of rotatable bonds is 2. The first-order valence-electron chi connectivity index (χ1n) is 4.06. The third kappa shape index (κ3) is 1.63. The maximum absolute atomic E-state index is 10.0. The summed E-state index contributed by atoms with van der Waals surface area (Å²) in [6, 6.07) is 0. The molecule has 3 nitrogen and oxygen atoms in total. The molecule has 0 bridgehead atoms. The lowest BCUT2D eigenvalue weighted by atomic mass is 10.1. The van der Waals surface area contributed by atoms with E-state index in [-0.39, 0.29) is 0 Å². The molecule has 0 aliphatic carbocycles. The SMILES string of the molecule is Cn1cncc1C(O)c1cscc1Br. The quantitative estimate of drug-likeness (QED) is 0.911. The molecule has 5 heteroatoms. The van der Waals surface area contributed by atoms with Gasteiger partial charge in [-0.25, -0.2) is 4.98 Å². The molecule has 0 spiro atoms. The molecule has 0 aliphatic rings. The molecule has 0 amide bonds. The minimum Gasteiger partial charge on any atom is -0.382 e. The molecular weight excluding hydrogens is 264 g/mol. The number of aromatic nitrogens is 2. The van der Waals surface area contributed by atoms with Gasteiger partial charge in [-0.1, -0.05) is 0 Å². The monoisotopic (exact) mass is 272 g/mol. The van der Waals surface area contributed by atoms with Crippen molar-refractivity contribution in [3.05, 3.63) is 39.0 Å². The maximum Gasteiger partial charge on any atom is 0.122 e. The Labute approximate surface area is 94.2 Å². The fourth-order valence-electron chi connectivity index (χ4n) is 1.28. The third-order valence-corrected chi connectivity index (χ3v) is 3.82. The summed E-state index contributed by atoms with van der Waals surface area (Å²) in [4.78, 5) is 3.97. The highest BCUT2D eigenvalue weighted by Crippen LogP contribution is 2.30. The van der Waals surface area contributed by atoms with Gasteiger partial charge in [-0.05, 0) is 21.3 Å². The molecule has 2 aromatic rings. The fourth-order valence-corrected chi connectivity index (χ4v) is 2.81. The number of aliphatic hydroxyl groups is 1. The molecule has 0 aromatic carbocycles. The van der Waals surface area contributed by atoms with Crippen LogP contribution in [-0.4, -0.2) is 14.7 Å². The third-order valence-electron chi connectivity index (χ3n) is 2.07. The number of imidazole rings is 1. The minimum atomic E-state index is -0.608. The molecule has 14 heavy (non-hydrogen) atoms. The summed E-state index contributed by atoms with van der Waals surface area (Å²) in [6.45, 7) is 0. The van der Waals surface area contributed by atoms with E-state index in [0.29, 0.717) is 0 Å². The van der Waals surface area contributed by atoms with Gasteiger partial charge in [-0.3, -0.25) is 0 Å². The van der Waals surface area contributed by atoms with E-state index in [1.807, 2.05) is 22.4 Å². The first-order chi connectivity index (χ1) is 6.70. The second-order valence-electron chi connectivity index (χ2n) is 3.01. The van der Waals surface area contributed by atoms with Crippen LogP contribution in [0.5, 0.6) is 0 Å². The average molecular weight is 273 g/mol. The van der Waals surface area contributed by atoms with Gasteiger partial charge in [0.15, 0.2) is 0 Å². The number of nitrogens with zero attached hydrogens (tertiary/aromatic N) is 2. The van der Waals surface area contributed by atoms with E-state index >= 15 is 0 Å². The summed E-state index contributed by atoms with van der Waals surface area (Å²) in [5.74, 6) is 0. The summed E-state index contributed by atoms with van der Waals surface area (Å²) in [7, 11) is 1.87. The highest BCUT2D eigenvalue weighted by atomic mass is 79.9. The van der Waals surface area contributed by atoms with E-state index in [1.54, 1.807) is 23.9 Å². The van der Waals surface area contributed by atoms with Crippen molar-refractivity contribution in [2.24, 2.45) is 7.05 Å². The Kier molecular flexibility index (Phi) is 2.71. The number of halogens is 1. The van der Waals surface area contributed by atoms with Crippen LogP contribution in [0.4, 0.5) is 0 Å². The van der Waals surface area contributed by atoms with Crippen LogP contribution in [0, 0.1) is 0 Å². The lowest BCUT2D eigenvalue weighted by Crippen LogP contribution is -2.04. The van der Waals surface area contributed by atoms with Gasteiger partial charge in [-0.2, -0.15) is 11.3 Å². The Morgan fingerprint density at radius 2 is 2.36 bits per heavy atom. The summed E-state index contributed by atoms with van der Waals surface area (Å²) in [6.07, 6.45) is 2.75. The zero-order chi connectivity index (χ0) is 10.1. The van der Waals surface area contributed by atoms with E-state index < -0.39 is 6.10 Å². The topological polar surface area (TPSA) is 38.0 Å². The maximum atomic E-state index is 10.0. The number of aliphatic hydroxyl groups excluding tert-OH is 1. The molecule has 2 heterocycles. The molecule has 1 N–H and O–H groups in total. The van der Waals surface area contributed by atoms with Gasteiger partial charge >= 0.3 is 0 Å². The van der Waals surface area contributed by atoms with Crippen LogP contribution in [0.1, 0.15) is 17.4 Å². The van der Waals surface area contributed by atoms with Gasteiger partial charge in [0.25, 0.3) is 0 Å². The van der Waals surface area contributed by atoms with Crippen LogP contribution in [0.3, 0.4) is 0 Å². The number of hydrogen-bond donors (Lipinski definition) is 1. The first-order valence-corrected chi connectivity index (χ1v) is 5.79. The second kappa shape index (κ2) is 3.84. The van der Waals surface area contributed by atoms with Crippen LogP contribution in [-0.2, 0) is 7.05 Å². The zero-order valence-corrected chi connectivity index (χ0v) is 9.92. The second-order valence-corrected chi connectivity index (χ2v) is 4.60. The smallest absolute Gasteiger partial charge is 0.122 e. The number of aryl methyl sites for hydroxylation is 1. The van der Waals surface area contributed by atoms with Gasteiger partial charge in [0, 0.05) is 22.5 Å². The van der Waals surface area contributed by atoms with Gasteiger partial charge in [0.2, 0.25) is 0 Å². The van der Waals surface area contributed by atoms with E-state index in [0.717, 1.165) is 15.7 Å². The van der Waals surface area contributed by atoms with Crippen molar-refractivity contribution >= 4 is 27.3 Å². The average Bonchev–Trinajstić information content (AvgIpc) is 2.73. The van der Waals surface area contributed by atoms with E-state index in [2.05, 4.69) is 20.9 Å². The standard InChI is InChI=1S/C9H9BrN2OS/c1-12-5-11-2-8(12)9(13)6-3-14-4-7(6)10/h2-5,9,13H,1H3. The number of thiophene rings is 1. The molecule has 2 aromatic heterocycles. The van der Waals surface area contributed by atoms with Crippen LogP contribution in [0.15, 0.2) is 27.8 Å². The van der Waals surface area contributed by atoms with Crippen molar-refractivity contribution in [2.45, 2.75) is 6.10 Å². The van der Waals surface area contributed by atoms with Crippen molar-refractivity contribution in [3.63, 3.8) is 0 Å². The first kappa shape index (κ1) is 9.89. The largest absolute Gasteiger partial charge is 0.382 e. The highest BCUT2D eigenvalue weighted by Gasteiger charge is 2.16. The predicted molar refractivity (Wildman–Crippen MR) is 59.3 cm³/mol. The normalized spacial score (nSPS) is 13.1. The lowest BCUT2D eigenvalue weighted by molar-refractivity contribution is 0.211. The van der Waals surface area contributed by atoms with Gasteiger partial charge in [0.05, 0.1) is 18.2 Å². The molecular formula is C9H9BrN2OS. The summed E-state index contributed by atoms with van der Waals surface area (Å²) in [5, 5.41) is 13.9. The van der Waals surface area contributed by atoms with Crippen molar-refractivity contribution in [3.8, 4) is 0 Å². The Hall–Kier alpha value is -0.650. The minimum absolute atomic E-state index is 0.608. The molecule has 0 saturated heterocycles. The Morgan fingerprint density at radius 1 is 1.57 bits per heavy atom. The van der Waals surface area contributed by atoms with Crippen LogP contribution in [0.2, 0.25) is 0 Å². The molecule has 0 aliphatic heterocycles. The van der Waals surface area contributed by atoms with Gasteiger partial charge in [-0.15, -0.1) is 0 Å². The van der Waals surface area contributed by atoms with E-state index in [9.17, 15) is 5.11 Å². The van der Waals surface area contributed by atoms with Crippen LogP contribution >= 0.6 is 27.3 Å². The Morgan fingerprint density at radius 3 is 2.86 bits per heavy atom. The lowest BCUT2D eigenvalue weighted by Gasteiger charge is -2.10. The highest BCUT2D eigenvalue weighted by molar-refractivity contribution is 9.10. The predicted octanol–water partition coefficient (Wildman–Crippen LogP) is 2.33. The van der Waals surface area contributed by atoms with E-state index in [1.165, 1.54) is 0 Å². The Bertz CT molecular complexity index is 397. The Balaban J connectivity index is 2.38. The van der Waals surface area contributed by atoms with Gasteiger partial charge < -0.3 is 9.67 Å². The number of hydrogen-bond acceptors (Lipinski definition) is 3. The summed E-state index contributed by atoms with van der Waals surface area (Å²) in [5.41, 5.74) is 1.68. The molecule has 74 valence electrons. The van der Waals surface area contributed by atoms with Crippen molar-refractivity contribution in [1.29, 1.82) is 0 Å². The van der Waals surface area contributed by atoms with Gasteiger partial charge in [0.1, 0.15) is 6.10 Å². The van der Waals surface area contributed by atoms with Crippen LogP contribution < -0.4 is 0 Å². The zero-order valence-electron chi connectivity index (χ0n) is 7.51. The molecule has 2 rings (SSSR count). The summed E-state index contributed by atoms with van der Waals surface area (Å²) < 4.78 is 2.76.